The molecule has 1 fully saturated rings. The molecule has 24 heavy (non-hydrogen) atoms. The van der Waals surface area contributed by atoms with Gasteiger partial charge < -0.3 is 20.1 Å². The van der Waals surface area contributed by atoms with E-state index in [4.69, 9.17) is 4.74 Å². The van der Waals surface area contributed by atoms with Gasteiger partial charge in [-0.3, -0.25) is 0 Å². The van der Waals surface area contributed by atoms with Gasteiger partial charge in [0.15, 0.2) is 6.29 Å². The zero-order valence-corrected chi connectivity index (χ0v) is 14.9. The third kappa shape index (κ3) is 5.15. The van der Waals surface area contributed by atoms with Gasteiger partial charge in [0, 0.05) is 5.92 Å². The molecule has 0 bridgehead atoms. The third-order valence-corrected chi connectivity index (χ3v) is 4.72. The van der Waals surface area contributed by atoms with Crippen molar-refractivity contribution in [3.63, 3.8) is 0 Å². The molecule has 0 aromatic heterocycles. The van der Waals surface area contributed by atoms with Gasteiger partial charge in [0.25, 0.3) is 0 Å². The molecule has 0 saturated carbocycles. The molecule has 1 aliphatic heterocycles. The van der Waals surface area contributed by atoms with Crippen molar-refractivity contribution in [2.45, 2.75) is 58.0 Å². The van der Waals surface area contributed by atoms with Crippen LogP contribution in [0.1, 0.15) is 40.0 Å². The fourth-order valence-electron chi connectivity index (χ4n) is 3.51. The quantitative estimate of drug-likeness (QED) is 0.679. The summed E-state index contributed by atoms with van der Waals surface area (Å²) in [5.41, 5.74) is 2.21. The van der Waals surface area contributed by atoms with E-state index >= 15 is 0 Å². The summed E-state index contributed by atoms with van der Waals surface area (Å²) in [6, 6.07) is 0. The first-order chi connectivity index (χ1) is 11.2. The van der Waals surface area contributed by atoms with Crippen molar-refractivity contribution >= 4 is 0 Å². The smallest absolute Gasteiger partial charge is 0.162 e. The summed E-state index contributed by atoms with van der Waals surface area (Å²) in [5, 5.41) is 30.3. The molecule has 0 aromatic rings. The Morgan fingerprint density at radius 2 is 2.04 bits per heavy atom. The molecule has 1 heterocycles. The molecule has 134 valence electrons. The zero-order valence-electron chi connectivity index (χ0n) is 14.9. The Morgan fingerprint density at radius 3 is 2.71 bits per heavy atom. The van der Waals surface area contributed by atoms with E-state index in [9.17, 15) is 15.3 Å². The maximum atomic E-state index is 10.3. The molecule has 0 aromatic carbocycles. The molecule has 0 unspecified atom stereocenters. The van der Waals surface area contributed by atoms with Crippen LogP contribution in [0.5, 0.6) is 0 Å². The number of ether oxygens (including phenoxy) is 1. The van der Waals surface area contributed by atoms with E-state index in [1.165, 1.54) is 0 Å². The number of rotatable bonds is 2. The van der Waals surface area contributed by atoms with E-state index in [0.717, 1.165) is 29.6 Å². The van der Waals surface area contributed by atoms with Crippen molar-refractivity contribution < 1.29 is 20.1 Å². The van der Waals surface area contributed by atoms with E-state index in [2.05, 4.69) is 6.58 Å². The number of fused-ring (bicyclic) bond motifs is 1. The summed E-state index contributed by atoms with van der Waals surface area (Å²) < 4.78 is 5.54. The predicted octanol–water partition coefficient (Wildman–Crippen LogP) is 2.87. The summed E-state index contributed by atoms with van der Waals surface area (Å²) in [7, 11) is 0. The van der Waals surface area contributed by atoms with E-state index in [-0.39, 0.29) is 11.8 Å². The van der Waals surface area contributed by atoms with Crippen LogP contribution in [0.25, 0.3) is 0 Å². The second-order valence-electron chi connectivity index (χ2n) is 7.57. The van der Waals surface area contributed by atoms with Crippen LogP contribution in [-0.4, -0.2) is 39.9 Å². The first-order valence-corrected chi connectivity index (χ1v) is 8.61. The SMILES string of the molecule is C=C1C[C@H](O)/C=C(\C)CC[C@@H]2/C(=C\C=C\C(C)(C)O)CO[C@H](O)[C@@H]12. The summed E-state index contributed by atoms with van der Waals surface area (Å²) >= 11 is 0. The van der Waals surface area contributed by atoms with Crippen molar-refractivity contribution in [1.29, 1.82) is 0 Å². The molecule has 2 aliphatic rings. The Labute approximate surface area is 144 Å². The van der Waals surface area contributed by atoms with Gasteiger partial charge in [0.2, 0.25) is 0 Å². The van der Waals surface area contributed by atoms with Crippen LogP contribution < -0.4 is 0 Å². The highest BCUT2D eigenvalue weighted by atomic mass is 16.6. The van der Waals surface area contributed by atoms with Gasteiger partial charge in [-0.05, 0) is 51.5 Å². The van der Waals surface area contributed by atoms with Gasteiger partial charge in [-0.1, -0.05) is 42.0 Å². The average Bonchev–Trinajstić information content (AvgIpc) is 2.49. The third-order valence-electron chi connectivity index (χ3n) is 4.72. The highest BCUT2D eigenvalue weighted by molar-refractivity contribution is 5.25. The lowest BCUT2D eigenvalue weighted by molar-refractivity contribution is -0.149. The van der Waals surface area contributed by atoms with Crippen LogP contribution in [0.2, 0.25) is 0 Å². The summed E-state index contributed by atoms with van der Waals surface area (Å²) in [6.07, 6.45) is 8.17. The van der Waals surface area contributed by atoms with Gasteiger partial charge in [-0.15, -0.1) is 0 Å². The summed E-state index contributed by atoms with van der Waals surface area (Å²) in [5.74, 6) is -0.0872. The highest BCUT2D eigenvalue weighted by Gasteiger charge is 2.38. The number of allylic oxidation sites excluding steroid dienone is 3. The van der Waals surface area contributed by atoms with Crippen molar-refractivity contribution in [3.05, 3.63) is 47.6 Å². The molecule has 4 nitrogen and oxygen atoms in total. The fraction of sp³-hybridized carbons (Fsp3) is 0.600. The van der Waals surface area contributed by atoms with Gasteiger partial charge in [-0.2, -0.15) is 0 Å². The maximum Gasteiger partial charge on any atom is 0.162 e. The first kappa shape index (κ1) is 19.1. The van der Waals surface area contributed by atoms with Crippen LogP contribution in [0, 0.1) is 11.8 Å². The van der Waals surface area contributed by atoms with Gasteiger partial charge in [-0.25, -0.2) is 0 Å². The maximum absolute atomic E-state index is 10.3. The average molecular weight is 334 g/mol. The Morgan fingerprint density at radius 1 is 1.33 bits per heavy atom. The number of hydrogen-bond donors (Lipinski definition) is 3. The lowest BCUT2D eigenvalue weighted by Crippen LogP contribution is -2.39. The van der Waals surface area contributed by atoms with Crippen LogP contribution in [0.15, 0.2) is 47.6 Å². The molecular weight excluding hydrogens is 304 g/mol. The van der Waals surface area contributed by atoms with Gasteiger partial charge in [0.05, 0.1) is 18.3 Å². The van der Waals surface area contributed by atoms with Gasteiger partial charge >= 0.3 is 0 Å². The first-order valence-electron chi connectivity index (χ1n) is 8.61. The second-order valence-corrected chi connectivity index (χ2v) is 7.57. The fourth-order valence-corrected chi connectivity index (χ4v) is 3.51. The molecular formula is C20H30O4. The standard InChI is InChI=1S/C20H30O4/c1-13-7-8-17-15(6-5-9-20(3,4)23)12-24-19(22)18(17)14(2)11-16(21)10-13/h5-6,9-10,16-19,21-23H,2,7-8,11-12H2,1,3-4H3/b9-5+,13-10+,15-6-/t16-,17-,18+,19+/m1/s1. The van der Waals surface area contributed by atoms with Crippen LogP contribution in [-0.2, 0) is 4.74 Å². The van der Waals surface area contributed by atoms with Crippen molar-refractivity contribution in [3.8, 4) is 0 Å². The lowest BCUT2D eigenvalue weighted by Gasteiger charge is -2.38. The van der Waals surface area contributed by atoms with Crippen molar-refractivity contribution in [2.24, 2.45) is 11.8 Å². The molecule has 4 atom stereocenters. The summed E-state index contributed by atoms with van der Waals surface area (Å²) in [6.45, 7) is 9.96. The normalized spacial score (nSPS) is 36.7. The van der Waals surface area contributed by atoms with Crippen LogP contribution in [0.3, 0.4) is 0 Å². The van der Waals surface area contributed by atoms with E-state index in [1.807, 2.05) is 25.2 Å². The predicted molar refractivity (Wildman–Crippen MR) is 95.2 cm³/mol. The van der Waals surface area contributed by atoms with E-state index in [1.54, 1.807) is 19.9 Å². The Balaban J connectivity index is 2.29. The largest absolute Gasteiger partial charge is 0.389 e. The topological polar surface area (TPSA) is 69.9 Å². The highest BCUT2D eigenvalue weighted by Crippen LogP contribution is 2.40. The van der Waals surface area contributed by atoms with Crippen molar-refractivity contribution in [1.82, 2.24) is 0 Å². The number of hydrogen-bond acceptors (Lipinski definition) is 4. The van der Waals surface area contributed by atoms with Gasteiger partial charge in [0.1, 0.15) is 0 Å². The molecule has 3 N–H and O–H groups in total. The zero-order chi connectivity index (χ0) is 17.9. The van der Waals surface area contributed by atoms with E-state index < -0.39 is 18.0 Å². The number of aliphatic hydroxyl groups excluding tert-OH is 2. The summed E-state index contributed by atoms with van der Waals surface area (Å²) in [4.78, 5) is 0. The Hall–Kier alpha value is -1.20. The van der Waals surface area contributed by atoms with Crippen LogP contribution >= 0.6 is 0 Å². The molecule has 0 amide bonds. The molecule has 0 radical (unpaired) electrons. The Bertz CT molecular complexity index is 550. The molecule has 0 spiro atoms. The molecule has 4 heteroatoms. The number of aliphatic hydroxyl groups is 3. The minimum atomic E-state index is -0.886. The van der Waals surface area contributed by atoms with E-state index in [0.29, 0.717) is 13.0 Å². The lowest BCUT2D eigenvalue weighted by atomic mass is 9.75. The van der Waals surface area contributed by atoms with Crippen LogP contribution in [0.4, 0.5) is 0 Å². The van der Waals surface area contributed by atoms with Crippen molar-refractivity contribution in [2.75, 3.05) is 6.61 Å². The minimum absolute atomic E-state index is 0.126. The Kier molecular flexibility index (Phi) is 6.21. The minimum Gasteiger partial charge on any atom is -0.389 e. The molecule has 1 aliphatic carbocycles. The molecule has 1 saturated heterocycles. The second kappa shape index (κ2) is 7.79. The molecule has 2 rings (SSSR count). The monoisotopic (exact) mass is 334 g/mol.